The Labute approximate surface area is 240 Å². The number of anilines is 2. The maximum atomic E-state index is 13.4. The van der Waals surface area contributed by atoms with Gasteiger partial charge in [0.15, 0.2) is 10.9 Å². The van der Waals surface area contributed by atoms with Crippen LogP contribution in [0.25, 0.3) is 22.4 Å². The van der Waals surface area contributed by atoms with Gasteiger partial charge >= 0.3 is 0 Å². The molecule has 0 aliphatic carbocycles. The fourth-order valence-electron chi connectivity index (χ4n) is 4.91. The lowest BCUT2D eigenvalue weighted by atomic mass is 10.1. The summed E-state index contributed by atoms with van der Waals surface area (Å²) >= 11 is 2.74. The molecule has 0 atom stereocenters. The van der Waals surface area contributed by atoms with Crippen molar-refractivity contribution in [3.05, 3.63) is 87.4 Å². The number of carbonyl (C=O) groups excluding carboxylic acids is 2. The smallest absolute Gasteiger partial charge is 0.270 e. The zero-order valence-corrected chi connectivity index (χ0v) is 23.8. The van der Waals surface area contributed by atoms with E-state index in [1.165, 1.54) is 22.7 Å². The summed E-state index contributed by atoms with van der Waals surface area (Å²) in [5.74, 6) is 0.468. The lowest BCUT2D eigenvalue weighted by Crippen LogP contribution is -2.33. The number of aromatic nitrogens is 1. The summed E-state index contributed by atoms with van der Waals surface area (Å²) in [7, 11) is -2.50. The summed E-state index contributed by atoms with van der Waals surface area (Å²) in [5.41, 5.74) is 3.98. The summed E-state index contributed by atoms with van der Waals surface area (Å²) in [6, 6.07) is 18.8. The molecule has 204 valence electrons. The maximum Gasteiger partial charge on any atom is 0.270 e. The van der Waals surface area contributed by atoms with Crippen LogP contribution in [0.5, 0.6) is 0 Å². The number of furan rings is 1. The van der Waals surface area contributed by atoms with E-state index < -0.39 is 10.7 Å². The van der Waals surface area contributed by atoms with Crippen LogP contribution < -0.4 is 9.80 Å². The van der Waals surface area contributed by atoms with Crippen molar-refractivity contribution in [2.75, 3.05) is 22.9 Å². The third kappa shape index (κ3) is 5.45. The molecule has 0 saturated carbocycles. The average molecular weight is 592 g/mol. The SMILES string of the molecule is O=C(c1cccs1)N(CCCC(=O)N1CCc2cc(C[SH](=O)=O)ccc21)c1nc(-c2cc3ccccc3o2)cs1. The molecule has 8 nitrogen and oxygen atoms in total. The molecule has 0 radical (unpaired) electrons. The van der Waals surface area contributed by atoms with Crippen LogP contribution in [0.2, 0.25) is 0 Å². The molecule has 3 aromatic heterocycles. The molecular weight excluding hydrogens is 567 g/mol. The highest BCUT2D eigenvalue weighted by atomic mass is 32.2. The van der Waals surface area contributed by atoms with Crippen LogP contribution in [0.15, 0.2) is 75.8 Å². The second-order valence-corrected chi connectivity index (χ2v) is 12.2. The predicted octanol–water partition coefficient (Wildman–Crippen LogP) is 5.75. The molecule has 0 saturated heterocycles. The fraction of sp³-hybridized carbons (Fsp3) is 0.207. The molecule has 11 heteroatoms. The maximum absolute atomic E-state index is 13.4. The number of para-hydroxylation sites is 1. The van der Waals surface area contributed by atoms with E-state index in [-0.39, 0.29) is 24.0 Å². The Morgan fingerprint density at radius 1 is 1.05 bits per heavy atom. The molecule has 0 spiro atoms. The van der Waals surface area contributed by atoms with Crippen molar-refractivity contribution in [1.29, 1.82) is 0 Å². The molecular formula is C29H25N3O5S3. The molecule has 1 aliphatic rings. The normalized spacial score (nSPS) is 12.8. The van der Waals surface area contributed by atoms with Crippen molar-refractivity contribution in [3.63, 3.8) is 0 Å². The van der Waals surface area contributed by atoms with Gasteiger partial charge in [-0.25, -0.2) is 13.4 Å². The summed E-state index contributed by atoms with van der Waals surface area (Å²) in [6.07, 6.45) is 1.43. The minimum absolute atomic E-state index is 0.000519. The zero-order valence-electron chi connectivity index (χ0n) is 21.3. The number of rotatable bonds is 9. The number of hydrogen-bond acceptors (Lipinski definition) is 8. The van der Waals surface area contributed by atoms with E-state index in [0.717, 1.165) is 27.8 Å². The van der Waals surface area contributed by atoms with Crippen LogP contribution in [-0.4, -0.2) is 38.3 Å². The lowest BCUT2D eigenvalue weighted by molar-refractivity contribution is -0.118. The Morgan fingerprint density at radius 3 is 2.73 bits per heavy atom. The van der Waals surface area contributed by atoms with Gasteiger partial charge in [0.05, 0.1) is 10.6 Å². The van der Waals surface area contributed by atoms with Crippen molar-refractivity contribution in [1.82, 2.24) is 4.98 Å². The van der Waals surface area contributed by atoms with Gasteiger partial charge in [-0.1, -0.05) is 36.4 Å². The van der Waals surface area contributed by atoms with Gasteiger partial charge in [0.25, 0.3) is 5.91 Å². The topological polar surface area (TPSA) is 101 Å². The van der Waals surface area contributed by atoms with Crippen LogP contribution in [0.4, 0.5) is 10.8 Å². The van der Waals surface area contributed by atoms with Crippen LogP contribution in [0.1, 0.15) is 33.6 Å². The summed E-state index contributed by atoms with van der Waals surface area (Å²) in [4.78, 5) is 35.3. The van der Waals surface area contributed by atoms with E-state index in [1.54, 1.807) is 21.9 Å². The highest BCUT2D eigenvalue weighted by molar-refractivity contribution is 7.71. The Hall–Kier alpha value is -3.80. The summed E-state index contributed by atoms with van der Waals surface area (Å²) in [5, 5.41) is 5.28. The standard InChI is InChI=1S/C29H25N3O5S3/c33-27(31-13-11-20-15-19(18-40(35)36)9-10-23(20)31)8-3-12-32(28(34)26-7-4-14-38-26)29-30-22(17-39-29)25-16-21-5-1-2-6-24(21)37-25/h1-2,4-7,9-10,14-17,40H,3,8,11-13,18H2. The first kappa shape index (κ1) is 26.4. The zero-order chi connectivity index (χ0) is 27.6. The molecule has 0 fully saturated rings. The minimum Gasteiger partial charge on any atom is -0.454 e. The largest absolute Gasteiger partial charge is 0.454 e. The minimum atomic E-state index is -2.50. The van der Waals surface area contributed by atoms with Gasteiger partial charge in [0.2, 0.25) is 5.91 Å². The summed E-state index contributed by atoms with van der Waals surface area (Å²) in [6.45, 7) is 0.901. The summed E-state index contributed by atoms with van der Waals surface area (Å²) < 4.78 is 28.1. The third-order valence-corrected chi connectivity index (χ3v) is 9.15. The van der Waals surface area contributed by atoms with Crippen molar-refractivity contribution >= 4 is 67.0 Å². The van der Waals surface area contributed by atoms with Crippen LogP contribution >= 0.6 is 22.7 Å². The molecule has 6 rings (SSSR count). The molecule has 0 unspecified atom stereocenters. The van der Waals surface area contributed by atoms with E-state index in [2.05, 4.69) is 0 Å². The van der Waals surface area contributed by atoms with Gasteiger partial charge in [-0.2, -0.15) is 0 Å². The highest BCUT2D eigenvalue weighted by Crippen LogP contribution is 2.33. The number of hydrogen-bond donors (Lipinski definition) is 1. The Kier molecular flexibility index (Phi) is 7.50. The quantitative estimate of drug-likeness (QED) is 0.219. The molecule has 0 bridgehead atoms. The molecule has 1 aliphatic heterocycles. The second kappa shape index (κ2) is 11.4. The first-order valence-corrected chi connectivity index (χ1v) is 15.9. The van der Waals surface area contributed by atoms with E-state index in [4.69, 9.17) is 9.40 Å². The van der Waals surface area contributed by atoms with Gasteiger partial charge in [-0.05, 0) is 53.6 Å². The van der Waals surface area contributed by atoms with Crippen molar-refractivity contribution < 1.29 is 22.4 Å². The predicted molar refractivity (Wildman–Crippen MR) is 159 cm³/mol. The first-order chi connectivity index (χ1) is 19.5. The molecule has 40 heavy (non-hydrogen) atoms. The van der Waals surface area contributed by atoms with Gasteiger partial charge < -0.3 is 9.32 Å². The van der Waals surface area contributed by atoms with Crippen molar-refractivity contribution in [2.24, 2.45) is 0 Å². The van der Waals surface area contributed by atoms with E-state index in [0.29, 0.717) is 47.4 Å². The van der Waals surface area contributed by atoms with Gasteiger partial charge in [-0.15, -0.1) is 22.7 Å². The van der Waals surface area contributed by atoms with Crippen LogP contribution in [0.3, 0.4) is 0 Å². The van der Waals surface area contributed by atoms with Gasteiger partial charge in [0, 0.05) is 36.0 Å². The van der Waals surface area contributed by atoms with E-state index >= 15 is 0 Å². The number of carbonyl (C=O) groups is 2. The molecule has 0 N–H and O–H groups in total. The Morgan fingerprint density at radius 2 is 1.93 bits per heavy atom. The molecule has 2 amide bonds. The number of benzene rings is 2. The number of fused-ring (bicyclic) bond motifs is 2. The van der Waals surface area contributed by atoms with Crippen molar-refractivity contribution in [2.45, 2.75) is 25.0 Å². The lowest BCUT2D eigenvalue weighted by Gasteiger charge is -2.21. The van der Waals surface area contributed by atoms with Gasteiger partial charge in [-0.3, -0.25) is 14.5 Å². The average Bonchev–Trinajstić information content (AvgIpc) is 3.76. The van der Waals surface area contributed by atoms with Gasteiger partial charge in [0.1, 0.15) is 22.0 Å². The molecule has 4 heterocycles. The van der Waals surface area contributed by atoms with E-state index in [9.17, 15) is 18.0 Å². The number of nitrogens with zero attached hydrogens (tertiary/aromatic N) is 3. The Balaban J connectivity index is 1.17. The van der Waals surface area contributed by atoms with Crippen molar-refractivity contribution in [3.8, 4) is 11.5 Å². The fourth-order valence-corrected chi connectivity index (χ4v) is 6.92. The van der Waals surface area contributed by atoms with Crippen LogP contribution in [-0.2, 0) is 27.7 Å². The number of thiol groups is 1. The third-order valence-electron chi connectivity index (χ3n) is 6.80. The van der Waals surface area contributed by atoms with E-state index in [1.807, 2.05) is 59.3 Å². The number of thiophene rings is 1. The molecule has 2 aromatic carbocycles. The van der Waals surface area contributed by atoms with Crippen LogP contribution in [0, 0.1) is 0 Å². The number of amides is 2. The monoisotopic (exact) mass is 591 g/mol. The Bertz CT molecular complexity index is 1730. The second-order valence-electron chi connectivity index (χ2n) is 9.45. The first-order valence-electron chi connectivity index (χ1n) is 12.8. The molecule has 5 aromatic rings. The number of thiazole rings is 1. The highest BCUT2D eigenvalue weighted by Gasteiger charge is 2.26.